The van der Waals surface area contributed by atoms with E-state index in [2.05, 4.69) is 46.0 Å². The number of aliphatic hydroxyl groups excluding tert-OH is 1. The summed E-state index contributed by atoms with van der Waals surface area (Å²) in [6.07, 6.45) is 1.76. The molecule has 6 nitrogen and oxygen atoms in total. The molecule has 2 heterocycles. The third-order valence-electron chi connectivity index (χ3n) is 3.56. The van der Waals surface area contributed by atoms with Crippen LogP contribution in [-0.4, -0.2) is 31.2 Å². The summed E-state index contributed by atoms with van der Waals surface area (Å²) in [6.45, 7) is 4.55. The SMILES string of the molecule is CC(C)n1cnc2c(NCc3ccccc3)nc(C#CCO)nc21. The molecule has 0 aliphatic heterocycles. The molecule has 0 unspecified atom stereocenters. The molecule has 0 amide bonds. The van der Waals surface area contributed by atoms with Gasteiger partial charge in [-0.3, -0.25) is 0 Å². The summed E-state index contributed by atoms with van der Waals surface area (Å²) < 4.78 is 1.98. The third kappa shape index (κ3) is 3.36. The van der Waals surface area contributed by atoms with Gasteiger partial charge in [0.05, 0.1) is 6.33 Å². The Kier molecular flexibility index (Phi) is 4.73. The van der Waals surface area contributed by atoms with Crippen molar-refractivity contribution < 1.29 is 5.11 Å². The van der Waals surface area contributed by atoms with Crippen LogP contribution in [-0.2, 0) is 6.54 Å². The number of imidazole rings is 1. The molecule has 0 aliphatic carbocycles. The van der Waals surface area contributed by atoms with Gasteiger partial charge in [0.25, 0.3) is 0 Å². The first-order valence-electron chi connectivity index (χ1n) is 7.81. The van der Waals surface area contributed by atoms with E-state index < -0.39 is 0 Å². The van der Waals surface area contributed by atoms with Gasteiger partial charge in [-0.2, -0.15) is 0 Å². The van der Waals surface area contributed by atoms with Crippen molar-refractivity contribution in [2.24, 2.45) is 0 Å². The molecule has 24 heavy (non-hydrogen) atoms. The predicted molar refractivity (Wildman–Crippen MR) is 93.4 cm³/mol. The average molecular weight is 321 g/mol. The zero-order valence-electron chi connectivity index (χ0n) is 13.7. The number of aromatic nitrogens is 4. The zero-order valence-corrected chi connectivity index (χ0v) is 13.7. The number of aliphatic hydroxyl groups is 1. The van der Waals surface area contributed by atoms with Crippen LogP contribution in [0.25, 0.3) is 11.2 Å². The summed E-state index contributed by atoms with van der Waals surface area (Å²) in [5.41, 5.74) is 2.60. The molecule has 0 saturated heterocycles. The van der Waals surface area contributed by atoms with Gasteiger partial charge in [0.1, 0.15) is 6.61 Å². The van der Waals surface area contributed by atoms with E-state index in [1.165, 1.54) is 0 Å². The van der Waals surface area contributed by atoms with Crippen LogP contribution in [0.2, 0.25) is 0 Å². The van der Waals surface area contributed by atoms with E-state index in [1.807, 2.05) is 34.9 Å². The minimum absolute atomic E-state index is 0.225. The van der Waals surface area contributed by atoms with Crippen molar-refractivity contribution >= 4 is 17.0 Å². The van der Waals surface area contributed by atoms with E-state index in [0.717, 1.165) is 11.2 Å². The molecule has 0 bridgehead atoms. The van der Waals surface area contributed by atoms with Crippen molar-refractivity contribution in [2.45, 2.75) is 26.4 Å². The summed E-state index contributed by atoms with van der Waals surface area (Å²) >= 11 is 0. The van der Waals surface area contributed by atoms with Crippen molar-refractivity contribution in [3.8, 4) is 11.8 Å². The molecule has 3 rings (SSSR count). The number of nitrogens with zero attached hydrogens (tertiary/aromatic N) is 4. The third-order valence-corrected chi connectivity index (χ3v) is 3.56. The Morgan fingerprint density at radius 2 is 2.00 bits per heavy atom. The summed E-state index contributed by atoms with van der Waals surface area (Å²) in [7, 11) is 0. The first-order valence-corrected chi connectivity index (χ1v) is 7.81. The summed E-state index contributed by atoms with van der Waals surface area (Å²) in [5, 5.41) is 12.2. The standard InChI is InChI=1S/C18H19N5O/c1-13(2)23-12-20-16-17(19-11-14-7-4-3-5-8-14)21-15(9-6-10-24)22-18(16)23/h3-5,7-8,12-13,24H,10-11H2,1-2H3,(H,19,21,22). The van der Waals surface area contributed by atoms with Gasteiger partial charge in [-0.25, -0.2) is 15.0 Å². The molecule has 0 aliphatic rings. The van der Waals surface area contributed by atoms with Crippen LogP contribution in [0.4, 0.5) is 5.82 Å². The second kappa shape index (κ2) is 7.11. The molecular weight excluding hydrogens is 302 g/mol. The number of fused-ring (bicyclic) bond motifs is 1. The van der Waals surface area contributed by atoms with Crippen molar-refractivity contribution in [1.82, 2.24) is 19.5 Å². The lowest BCUT2D eigenvalue weighted by atomic mass is 10.2. The second-order valence-electron chi connectivity index (χ2n) is 5.61. The predicted octanol–water partition coefficient (Wildman–Crippen LogP) is 2.36. The summed E-state index contributed by atoms with van der Waals surface area (Å²) in [5.74, 6) is 6.39. The van der Waals surface area contributed by atoms with E-state index in [9.17, 15) is 0 Å². The van der Waals surface area contributed by atoms with Crippen molar-refractivity contribution in [3.05, 3.63) is 48.0 Å². The minimum Gasteiger partial charge on any atom is -0.384 e. The van der Waals surface area contributed by atoms with E-state index in [0.29, 0.717) is 23.7 Å². The molecule has 3 aromatic rings. The Labute approximate surface area is 140 Å². The van der Waals surface area contributed by atoms with Crippen molar-refractivity contribution in [3.63, 3.8) is 0 Å². The lowest BCUT2D eigenvalue weighted by molar-refractivity contribution is 0.350. The molecule has 122 valence electrons. The molecule has 1 aromatic carbocycles. The van der Waals surface area contributed by atoms with E-state index >= 15 is 0 Å². The fourth-order valence-electron chi connectivity index (χ4n) is 2.37. The second-order valence-corrected chi connectivity index (χ2v) is 5.61. The van der Waals surface area contributed by atoms with Crippen molar-refractivity contribution in [2.75, 3.05) is 11.9 Å². The van der Waals surface area contributed by atoms with Gasteiger partial charge < -0.3 is 15.0 Å². The molecular formula is C18H19N5O. The number of rotatable bonds is 4. The number of nitrogens with one attached hydrogen (secondary N) is 1. The van der Waals surface area contributed by atoms with E-state index in [1.54, 1.807) is 6.33 Å². The summed E-state index contributed by atoms with van der Waals surface area (Å²) in [4.78, 5) is 13.4. The summed E-state index contributed by atoms with van der Waals surface area (Å²) in [6, 6.07) is 10.3. The zero-order chi connectivity index (χ0) is 16.9. The van der Waals surface area contributed by atoms with Gasteiger partial charge in [-0.1, -0.05) is 36.3 Å². The van der Waals surface area contributed by atoms with Gasteiger partial charge in [0.15, 0.2) is 17.0 Å². The minimum atomic E-state index is -0.225. The molecule has 6 heteroatoms. The van der Waals surface area contributed by atoms with Crippen LogP contribution in [0.3, 0.4) is 0 Å². The Bertz CT molecular complexity index is 890. The molecule has 0 radical (unpaired) electrons. The van der Waals surface area contributed by atoms with Crippen LogP contribution >= 0.6 is 0 Å². The van der Waals surface area contributed by atoms with E-state index in [4.69, 9.17) is 5.11 Å². The van der Waals surface area contributed by atoms with Gasteiger partial charge in [-0.15, -0.1) is 0 Å². The van der Waals surface area contributed by atoms with Crippen LogP contribution in [0.1, 0.15) is 31.3 Å². The smallest absolute Gasteiger partial charge is 0.209 e. The molecule has 0 fully saturated rings. The van der Waals surface area contributed by atoms with Crippen LogP contribution < -0.4 is 5.32 Å². The highest BCUT2D eigenvalue weighted by Gasteiger charge is 2.14. The number of anilines is 1. The monoisotopic (exact) mass is 321 g/mol. The van der Waals surface area contributed by atoms with Crippen molar-refractivity contribution in [1.29, 1.82) is 0 Å². The number of hydrogen-bond donors (Lipinski definition) is 2. The highest BCUT2D eigenvalue weighted by molar-refractivity contribution is 5.83. The maximum atomic E-state index is 8.90. The Morgan fingerprint density at radius 3 is 2.71 bits per heavy atom. The molecule has 0 spiro atoms. The van der Waals surface area contributed by atoms with Crippen LogP contribution in [0, 0.1) is 11.8 Å². The Morgan fingerprint density at radius 1 is 1.21 bits per heavy atom. The molecule has 0 atom stereocenters. The fourth-order valence-corrected chi connectivity index (χ4v) is 2.37. The largest absolute Gasteiger partial charge is 0.384 e. The topological polar surface area (TPSA) is 75.9 Å². The maximum absolute atomic E-state index is 8.90. The molecule has 0 saturated carbocycles. The lowest BCUT2D eigenvalue weighted by Crippen LogP contribution is -2.06. The van der Waals surface area contributed by atoms with Gasteiger partial charge >= 0.3 is 0 Å². The van der Waals surface area contributed by atoms with Gasteiger partial charge in [-0.05, 0) is 25.3 Å². The normalized spacial score (nSPS) is 10.7. The lowest BCUT2D eigenvalue weighted by Gasteiger charge is -2.09. The number of benzene rings is 1. The van der Waals surface area contributed by atoms with Gasteiger partial charge in [0.2, 0.25) is 5.82 Å². The van der Waals surface area contributed by atoms with E-state index in [-0.39, 0.29) is 12.6 Å². The molecule has 2 aromatic heterocycles. The Hall–Kier alpha value is -2.91. The molecule has 2 N–H and O–H groups in total. The highest BCUT2D eigenvalue weighted by atomic mass is 16.2. The highest BCUT2D eigenvalue weighted by Crippen LogP contribution is 2.22. The average Bonchev–Trinajstić information content (AvgIpc) is 3.03. The fraction of sp³-hybridized carbons (Fsp3) is 0.278. The van der Waals surface area contributed by atoms with Crippen LogP contribution in [0.15, 0.2) is 36.7 Å². The number of hydrogen-bond acceptors (Lipinski definition) is 5. The first kappa shape index (κ1) is 16.0. The Balaban J connectivity index is 2.01. The maximum Gasteiger partial charge on any atom is 0.209 e. The quantitative estimate of drug-likeness (QED) is 0.722. The van der Waals surface area contributed by atoms with Crippen LogP contribution in [0.5, 0.6) is 0 Å². The van der Waals surface area contributed by atoms with Gasteiger partial charge in [0, 0.05) is 12.6 Å². The first-order chi connectivity index (χ1) is 11.7.